The summed E-state index contributed by atoms with van der Waals surface area (Å²) >= 11 is 0. The van der Waals surface area contributed by atoms with Gasteiger partial charge in [0, 0.05) is 39.3 Å². The molecule has 0 saturated heterocycles. The van der Waals surface area contributed by atoms with Crippen molar-refractivity contribution in [2.24, 2.45) is 5.92 Å². The first-order chi connectivity index (χ1) is 11.4. The van der Waals surface area contributed by atoms with E-state index in [0.29, 0.717) is 29.3 Å². The van der Waals surface area contributed by atoms with Crippen LogP contribution in [0.15, 0.2) is 22.6 Å². The smallest absolute Gasteiger partial charge is 0.321 e. The highest BCUT2D eigenvalue weighted by Gasteiger charge is 2.27. The van der Waals surface area contributed by atoms with Crippen LogP contribution >= 0.6 is 0 Å². The highest BCUT2D eigenvalue weighted by Crippen LogP contribution is 2.27. The van der Waals surface area contributed by atoms with E-state index in [1.165, 1.54) is 0 Å². The topological polar surface area (TPSA) is 81.8 Å². The lowest BCUT2D eigenvalue weighted by Crippen LogP contribution is -2.37. The molecule has 2 aromatic rings. The first-order valence-electron chi connectivity index (χ1n) is 8.22. The van der Waals surface area contributed by atoms with Gasteiger partial charge >= 0.3 is 6.03 Å². The molecule has 0 bridgehead atoms. The van der Waals surface area contributed by atoms with Gasteiger partial charge in [0.25, 0.3) is 6.01 Å². The monoisotopic (exact) mass is 332 g/mol. The Labute approximate surface area is 141 Å². The van der Waals surface area contributed by atoms with Crippen LogP contribution in [0, 0.1) is 5.92 Å². The Morgan fingerprint density at radius 2 is 2.17 bits per heavy atom. The van der Waals surface area contributed by atoms with E-state index >= 15 is 0 Å². The fourth-order valence-corrected chi connectivity index (χ4v) is 3.07. The normalized spacial score (nSPS) is 20.3. The summed E-state index contributed by atoms with van der Waals surface area (Å²) in [4.78, 5) is 20.1. The van der Waals surface area contributed by atoms with Gasteiger partial charge in [-0.15, -0.1) is 0 Å². The number of aliphatic hydroxyl groups is 1. The Morgan fingerprint density at radius 1 is 1.38 bits per heavy atom. The number of oxazole rings is 1. The van der Waals surface area contributed by atoms with Crippen molar-refractivity contribution >= 4 is 28.8 Å². The van der Waals surface area contributed by atoms with E-state index < -0.39 is 0 Å². The number of rotatable bonds is 4. The third-order valence-electron chi connectivity index (χ3n) is 4.48. The summed E-state index contributed by atoms with van der Waals surface area (Å²) in [6, 6.07) is 5.72. The quantitative estimate of drug-likeness (QED) is 0.899. The van der Waals surface area contributed by atoms with E-state index in [1.54, 1.807) is 35.0 Å². The Balaban J connectivity index is 1.66. The van der Waals surface area contributed by atoms with Gasteiger partial charge in [-0.3, -0.25) is 0 Å². The number of nitrogens with one attached hydrogen (secondary N) is 1. The number of carbonyl (C=O) groups excluding carboxylic acids is 1. The summed E-state index contributed by atoms with van der Waals surface area (Å²) in [6.07, 6.45) is 2.53. The number of aliphatic hydroxyl groups excluding tert-OH is 1. The zero-order valence-corrected chi connectivity index (χ0v) is 14.3. The first kappa shape index (κ1) is 16.6. The van der Waals surface area contributed by atoms with E-state index in [4.69, 9.17) is 4.42 Å². The molecule has 0 aliphatic heterocycles. The number of aromatic nitrogens is 1. The number of urea groups is 1. The first-order valence-corrected chi connectivity index (χ1v) is 8.22. The largest absolute Gasteiger partial charge is 0.423 e. The standard InChI is InChI=1S/C17H24N4O3/c1-20(2)17-19-13-9-12(7-8-15(13)24-17)18-16(23)21(3)10-11-5-4-6-14(11)22/h7-9,11,14,22H,4-6,10H2,1-3H3,(H,18,23). The molecule has 2 atom stereocenters. The van der Waals surface area contributed by atoms with Gasteiger partial charge in [0.1, 0.15) is 5.52 Å². The van der Waals surface area contributed by atoms with E-state index in [0.717, 1.165) is 19.3 Å². The van der Waals surface area contributed by atoms with Crippen LogP contribution in [-0.4, -0.2) is 54.8 Å². The van der Waals surface area contributed by atoms with Crippen LogP contribution in [0.3, 0.4) is 0 Å². The van der Waals surface area contributed by atoms with Crippen molar-refractivity contribution in [2.45, 2.75) is 25.4 Å². The second-order valence-corrected chi connectivity index (χ2v) is 6.64. The molecule has 7 nitrogen and oxygen atoms in total. The molecule has 1 aliphatic carbocycles. The van der Waals surface area contributed by atoms with Gasteiger partial charge in [-0.2, -0.15) is 4.98 Å². The predicted molar refractivity (Wildman–Crippen MR) is 93.3 cm³/mol. The van der Waals surface area contributed by atoms with Crippen molar-refractivity contribution in [3.8, 4) is 0 Å². The van der Waals surface area contributed by atoms with Crippen molar-refractivity contribution in [3.63, 3.8) is 0 Å². The fourth-order valence-electron chi connectivity index (χ4n) is 3.07. The van der Waals surface area contributed by atoms with E-state index in [2.05, 4.69) is 10.3 Å². The number of benzene rings is 1. The maximum atomic E-state index is 12.3. The van der Waals surface area contributed by atoms with Crippen LogP contribution < -0.4 is 10.2 Å². The number of hydrogen-bond donors (Lipinski definition) is 2. The van der Waals surface area contributed by atoms with Gasteiger partial charge in [-0.25, -0.2) is 4.79 Å². The molecule has 2 amide bonds. The average Bonchev–Trinajstić information content (AvgIpc) is 3.13. The molecule has 1 aliphatic rings. The molecule has 0 radical (unpaired) electrons. The highest BCUT2D eigenvalue weighted by atomic mass is 16.4. The minimum Gasteiger partial charge on any atom is -0.423 e. The molecule has 7 heteroatoms. The van der Waals surface area contributed by atoms with Crippen molar-refractivity contribution in [3.05, 3.63) is 18.2 Å². The van der Waals surface area contributed by atoms with Gasteiger partial charge < -0.3 is 24.6 Å². The lowest BCUT2D eigenvalue weighted by Gasteiger charge is -2.23. The third-order valence-corrected chi connectivity index (χ3v) is 4.48. The number of amides is 2. The minimum absolute atomic E-state index is 0.168. The average molecular weight is 332 g/mol. The summed E-state index contributed by atoms with van der Waals surface area (Å²) in [5.74, 6) is 0.168. The molecule has 2 N–H and O–H groups in total. The third kappa shape index (κ3) is 3.46. The summed E-state index contributed by atoms with van der Waals surface area (Å²) in [6.45, 7) is 0.560. The summed E-state index contributed by atoms with van der Waals surface area (Å²) in [7, 11) is 5.47. The van der Waals surface area contributed by atoms with Gasteiger partial charge in [0.05, 0.1) is 6.10 Å². The lowest BCUT2D eigenvalue weighted by molar-refractivity contribution is 0.116. The van der Waals surface area contributed by atoms with E-state index in [1.807, 2.05) is 14.1 Å². The maximum Gasteiger partial charge on any atom is 0.321 e. The second-order valence-electron chi connectivity index (χ2n) is 6.64. The molecule has 130 valence electrons. The summed E-state index contributed by atoms with van der Waals surface area (Å²) < 4.78 is 5.60. The van der Waals surface area contributed by atoms with Gasteiger partial charge in [0.2, 0.25) is 0 Å². The molecule has 1 heterocycles. The van der Waals surface area contributed by atoms with Crippen molar-refractivity contribution < 1.29 is 14.3 Å². The van der Waals surface area contributed by atoms with Gasteiger partial charge in [-0.1, -0.05) is 6.42 Å². The van der Waals surface area contributed by atoms with Crippen LogP contribution in [0.4, 0.5) is 16.5 Å². The molecule has 1 aromatic heterocycles. The number of fused-ring (bicyclic) bond motifs is 1. The van der Waals surface area contributed by atoms with Crippen LogP contribution in [0.1, 0.15) is 19.3 Å². The molecule has 1 aromatic carbocycles. The summed E-state index contributed by atoms with van der Waals surface area (Å²) in [5.41, 5.74) is 2.05. The van der Waals surface area contributed by atoms with Crippen LogP contribution in [0.5, 0.6) is 0 Å². The maximum absolute atomic E-state index is 12.3. The molecule has 24 heavy (non-hydrogen) atoms. The minimum atomic E-state index is -0.295. The zero-order chi connectivity index (χ0) is 17.3. The Morgan fingerprint density at radius 3 is 2.83 bits per heavy atom. The Bertz CT molecular complexity index is 728. The second kappa shape index (κ2) is 6.68. The number of carbonyl (C=O) groups is 1. The predicted octanol–water partition coefficient (Wildman–Crippen LogP) is 2.52. The molecule has 1 fully saturated rings. The fraction of sp³-hybridized carbons (Fsp3) is 0.529. The van der Waals surface area contributed by atoms with Crippen molar-refractivity contribution in [1.82, 2.24) is 9.88 Å². The highest BCUT2D eigenvalue weighted by molar-refractivity contribution is 5.91. The van der Waals surface area contributed by atoms with Crippen molar-refractivity contribution in [1.29, 1.82) is 0 Å². The van der Waals surface area contributed by atoms with Crippen LogP contribution in [0.2, 0.25) is 0 Å². The van der Waals surface area contributed by atoms with Crippen LogP contribution in [0.25, 0.3) is 11.1 Å². The number of nitrogens with zero attached hydrogens (tertiary/aromatic N) is 3. The molecule has 3 rings (SSSR count). The molecular weight excluding hydrogens is 308 g/mol. The number of anilines is 2. The van der Waals surface area contributed by atoms with Crippen LogP contribution in [-0.2, 0) is 0 Å². The Hall–Kier alpha value is -2.28. The lowest BCUT2D eigenvalue weighted by atomic mass is 10.1. The van der Waals surface area contributed by atoms with E-state index in [-0.39, 0.29) is 18.1 Å². The Kier molecular flexibility index (Phi) is 4.62. The SMILES string of the molecule is CN(CC1CCCC1O)C(=O)Nc1ccc2oc(N(C)C)nc2c1. The van der Waals surface area contributed by atoms with Gasteiger partial charge in [0.15, 0.2) is 5.58 Å². The zero-order valence-electron chi connectivity index (χ0n) is 14.3. The van der Waals surface area contributed by atoms with Crippen molar-refractivity contribution in [2.75, 3.05) is 37.9 Å². The molecule has 0 spiro atoms. The molecular formula is C17H24N4O3. The summed E-state index contributed by atoms with van der Waals surface area (Å²) in [5, 5.41) is 12.8. The molecule has 2 unspecified atom stereocenters. The van der Waals surface area contributed by atoms with Gasteiger partial charge in [-0.05, 0) is 31.0 Å². The van der Waals surface area contributed by atoms with E-state index in [9.17, 15) is 9.90 Å². The molecule has 1 saturated carbocycles. The number of hydrogen-bond acceptors (Lipinski definition) is 5.